The van der Waals surface area contributed by atoms with Gasteiger partial charge in [-0.2, -0.15) is 0 Å². The summed E-state index contributed by atoms with van der Waals surface area (Å²) in [5.74, 6) is 2.76. The molecule has 0 amide bonds. The molecule has 4 aromatic rings. The van der Waals surface area contributed by atoms with Crippen LogP contribution in [0.3, 0.4) is 0 Å². The van der Waals surface area contributed by atoms with E-state index in [1.165, 1.54) is 22.3 Å². The van der Waals surface area contributed by atoms with Gasteiger partial charge in [-0.3, -0.25) is 29.8 Å². The molecule has 4 aromatic carbocycles. The van der Waals surface area contributed by atoms with Gasteiger partial charge in [-0.25, -0.2) is 0 Å². The van der Waals surface area contributed by atoms with Crippen molar-refractivity contribution < 1.29 is 18.0 Å². The quantitative estimate of drug-likeness (QED) is 0.130. The molecular formula is C62H90Al2N6O5. The first-order chi connectivity index (χ1) is 35.4. The van der Waals surface area contributed by atoms with Crippen LogP contribution in [0.5, 0.6) is 23.0 Å². The molecule has 0 atom stereocenters. The molecule has 0 radical (unpaired) electrons. The number of hydrogen-bond donors (Lipinski definition) is 0. The van der Waals surface area contributed by atoms with Crippen molar-refractivity contribution in [1.29, 1.82) is 0 Å². The van der Waals surface area contributed by atoms with Crippen LogP contribution in [0.25, 0.3) is 0 Å². The van der Waals surface area contributed by atoms with Crippen molar-refractivity contribution in [2.24, 2.45) is 20.0 Å². The summed E-state index contributed by atoms with van der Waals surface area (Å²) < 4.78 is 38.1. The molecule has 0 unspecified atom stereocenters. The van der Waals surface area contributed by atoms with Crippen molar-refractivity contribution >= 4 is 55.2 Å². The van der Waals surface area contributed by atoms with E-state index < -0.39 is 30.3 Å². The molecule has 0 aromatic heterocycles. The van der Waals surface area contributed by atoms with Crippen LogP contribution in [0.1, 0.15) is 191 Å². The zero-order valence-electron chi connectivity index (χ0n) is 49.3. The Labute approximate surface area is 463 Å². The third kappa shape index (κ3) is 15.9. The van der Waals surface area contributed by atoms with Gasteiger partial charge in [-0.1, -0.05) is 149 Å². The Morgan fingerprint density at radius 3 is 0.853 bits per heavy atom. The fourth-order valence-corrected chi connectivity index (χ4v) is 13.0. The van der Waals surface area contributed by atoms with Gasteiger partial charge in [0.2, 0.25) is 0 Å². The minimum absolute atomic E-state index is 0.314. The van der Waals surface area contributed by atoms with Crippen molar-refractivity contribution in [1.82, 2.24) is 9.80 Å². The largest absolute Gasteiger partial charge is 1.07 e. The number of aryl methyl sites for hydroxylation is 2. The first-order valence-electron chi connectivity index (χ1n) is 27.9. The minimum Gasteiger partial charge on any atom is -0.589 e. The van der Waals surface area contributed by atoms with E-state index in [9.17, 15) is 0 Å². The maximum Gasteiger partial charge on any atom is 1.07 e. The highest BCUT2D eigenvalue weighted by molar-refractivity contribution is 6.54. The van der Waals surface area contributed by atoms with Gasteiger partial charge in [-0.15, -0.1) is 0 Å². The topological polar surface area (TPSA) is 102 Å². The Hall–Kier alpha value is -4.30. The molecule has 2 aliphatic heterocycles. The lowest BCUT2D eigenvalue weighted by atomic mass is 9.84. The first-order valence-corrected chi connectivity index (χ1v) is 30.7. The van der Waals surface area contributed by atoms with Crippen LogP contribution in [0, 0.1) is 0 Å². The van der Waals surface area contributed by atoms with Crippen molar-refractivity contribution in [2.45, 2.75) is 172 Å². The molecule has 75 heavy (non-hydrogen) atoms. The molecule has 0 aliphatic carbocycles. The lowest BCUT2D eigenvalue weighted by Crippen LogP contribution is -2.47. The van der Waals surface area contributed by atoms with Gasteiger partial charge in [0, 0.05) is 60.2 Å². The second-order valence-corrected chi connectivity index (χ2v) is 27.4. The third-order valence-corrected chi connectivity index (χ3v) is 17.6. The van der Waals surface area contributed by atoms with Gasteiger partial charge < -0.3 is 18.0 Å². The number of benzene rings is 4. The van der Waals surface area contributed by atoms with E-state index in [0.717, 1.165) is 96.6 Å². The summed E-state index contributed by atoms with van der Waals surface area (Å²) in [6.07, 6.45) is 9.51. The van der Waals surface area contributed by atoms with Crippen LogP contribution in [0.2, 0.25) is 0 Å². The minimum atomic E-state index is -3.52. The molecule has 0 bridgehead atoms. The van der Waals surface area contributed by atoms with E-state index in [2.05, 4.69) is 183 Å². The van der Waals surface area contributed by atoms with Gasteiger partial charge in [-0.05, 0) is 129 Å². The van der Waals surface area contributed by atoms with Gasteiger partial charge in [0.25, 0.3) is 0 Å². The Bertz CT molecular complexity index is 2520. The van der Waals surface area contributed by atoms with Crippen LogP contribution in [-0.2, 0) is 50.4 Å². The fraction of sp³-hybridized carbons (Fsp3) is 0.548. The average molecular weight is 1050 g/mol. The molecule has 0 fully saturated rings. The maximum absolute atomic E-state index is 7.67. The third-order valence-electron chi connectivity index (χ3n) is 14.1. The van der Waals surface area contributed by atoms with Gasteiger partial charge in [0.15, 0.2) is 0 Å². The average Bonchev–Trinajstić information content (AvgIpc) is 3.36. The molecule has 404 valence electrons. The van der Waals surface area contributed by atoms with E-state index >= 15 is 0 Å². The summed E-state index contributed by atoms with van der Waals surface area (Å²) in [5, 5.41) is 0. The molecule has 2 aliphatic rings. The van der Waals surface area contributed by atoms with E-state index in [1.807, 2.05) is 24.9 Å². The number of fused-ring (bicyclic) bond motifs is 4. The summed E-state index contributed by atoms with van der Waals surface area (Å²) in [5.41, 5.74) is 11.1. The van der Waals surface area contributed by atoms with E-state index in [1.54, 1.807) is 0 Å². The van der Waals surface area contributed by atoms with Crippen LogP contribution in [-0.4, -0.2) is 117 Å². The molecule has 0 spiro atoms. The SMILES string of the molecule is CCc1cc2c(c(C(C)(C)C)c1)[O][Al]([O][Al]1[O]c3c(cc(CN(CC)CC)cc3C(C)(C)C)C=NCCN=Cc3cc(CN(CC)CC)cc(C(C)(C)C)c3[O]1)[O]c1c(cc(CC)cc1C(C)(C)C)C=NCCN=C2. The number of aliphatic imine (C=N–C) groups is 4. The highest BCUT2D eigenvalue weighted by Crippen LogP contribution is 2.42. The number of nitrogens with zero attached hydrogens (tertiary/aromatic N) is 6. The summed E-state index contributed by atoms with van der Waals surface area (Å²) in [6, 6.07) is 18.0. The summed E-state index contributed by atoms with van der Waals surface area (Å²) in [7, 11) is 0. The Kier molecular flexibility index (Phi) is 20.7. The molecule has 11 nitrogen and oxygen atoms in total. The predicted molar refractivity (Wildman–Crippen MR) is 318 cm³/mol. The van der Waals surface area contributed by atoms with Crippen LogP contribution in [0.15, 0.2) is 68.5 Å². The van der Waals surface area contributed by atoms with E-state index in [4.69, 9.17) is 38.0 Å². The molecule has 2 heterocycles. The molecule has 13 heteroatoms. The smallest absolute Gasteiger partial charge is 0.589 e. The second kappa shape index (κ2) is 25.9. The Morgan fingerprint density at radius 2 is 0.627 bits per heavy atom. The molecule has 0 saturated heterocycles. The second-order valence-electron chi connectivity index (χ2n) is 24.2. The lowest BCUT2D eigenvalue weighted by molar-refractivity contribution is 0.231. The summed E-state index contributed by atoms with van der Waals surface area (Å²) in [6.45, 7) is 47.5. The maximum atomic E-state index is 7.67. The Morgan fingerprint density at radius 1 is 0.387 bits per heavy atom. The predicted octanol–water partition coefficient (Wildman–Crippen LogP) is 13.0. The van der Waals surface area contributed by atoms with Gasteiger partial charge in [0.05, 0.1) is 49.2 Å². The van der Waals surface area contributed by atoms with Crippen LogP contribution >= 0.6 is 0 Å². The summed E-state index contributed by atoms with van der Waals surface area (Å²) in [4.78, 5) is 24.9. The monoisotopic (exact) mass is 1050 g/mol. The number of rotatable bonds is 12. The van der Waals surface area contributed by atoms with Gasteiger partial charge >= 0.3 is 30.3 Å². The van der Waals surface area contributed by atoms with Crippen molar-refractivity contribution in [3.63, 3.8) is 0 Å². The molecule has 0 N–H and O–H groups in total. The highest BCUT2D eigenvalue weighted by atomic mass is 27.3. The van der Waals surface area contributed by atoms with E-state index in [0.29, 0.717) is 49.2 Å². The van der Waals surface area contributed by atoms with Crippen molar-refractivity contribution in [2.75, 3.05) is 52.4 Å². The molecule has 0 saturated carbocycles. The molecule has 6 rings (SSSR count). The molecular weight excluding hydrogens is 963 g/mol. The van der Waals surface area contributed by atoms with Crippen LogP contribution < -0.4 is 15.2 Å². The van der Waals surface area contributed by atoms with Crippen LogP contribution in [0.4, 0.5) is 0 Å². The first kappa shape index (κ1) is 59.9. The number of hydrogen-bond acceptors (Lipinski definition) is 11. The fourth-order valence-electron chi connectivity index (χ4n) is 9.51. The van der Waals surface area contributed by atoms with Crippen molar-refractivity contribution in [3.05, 3.63) is 115 Å². The highest BCUT2D eigenvalue weighted by Gasteiger charge is 2.55. The van der Waals surface area contributed by atoms with Crippen molar-refractivity contribution in [3.8, 4) is 23.0 Å². The van der Waals surface area contributed by atoms with E-state index in [-0.39, 0.29) is 21.7 Å². The zero-order chi connectivity index (χ0) is 54.9. The zero-order valence-corrected chi connectivity index (χ0v) is 51.6. The van der Waals surface area contributed by atoms with Gasteiger partial charge in [0.1, 0.15) is 0 Å². The standard InChI is InChI=1S/C34H54N4O2.C28H40N2O2.2Al.O/c1-11-37(12-2)23-25-17-27(31(39)29(19-25)33(5,6)7)21-35-15-16-36-22-28-18-26(24-38(13-3)14-4)20-30(32(28)40)34(8,9)10;1-9-19-13-21(25(31)23(15-19)27(3,4)5)17-29-11-12-30-18-22-14-20(10-2)16-24(26(22)32)28(6,7)8;;;/h17-22,39-40H,11-16,23-24H2,1-10H3;13-18,31-32H,9-12H2,1-8H3;;;/q;;2*+2;/p-4. The Balaban J connectivity index is 1.71. The summed E-state index contributed by atoms with van der Waals surface area (Å²) >= 11 is -7.02. The lowest BCUT2D eigenvalue weighted by Gasteiger charge is -2.32. The normalized spacial score (nSPS) is 14.9.